The van der Waals surface area contributed by atoms with Gasteiger partial charge in [-0.3, -0.25) is 5.84 Å². The Labute approximate surface area is 62.3 Å². The number of piperidine rings is 1. The maximum atomic E-state index is 5.74. The first-order valence-corrected chi connectivity index (χ1v) is 4.06. The van der Waals surface area contributed by atoms with E-state index in [0.29, 0.717) is 6.04 Å². The van der Waals surface area contributed by atoms with Crippen LogP contribution < -0.4 is 11.6 Å². The van der Waals surface area contributed by atoms with Crippen molar-refractivity contribution in [1.82, 2.24) is 5.01 Å². The number of hydrogen-bond donors (Lipinski definition) is 2. The highest BCUT2D eigenvalue weighted by molar-refractivity contribution is 4.72. The van der Waals surface area contributed by atoms with Gasteiger partial charge in [-0.15, -0.1) is 0 Å². The Balaban J connectivity index is 2.25. The molecule has 0 radical (unpaired) electrons. The molecule has 60 valence electrons. The zero-order valence-electron chi connectivity index (χ0n) is 6.42. The lowest BCUT2D eigenvalue weighted by Crippen LogP contribution is -2.45. The van der Waals surface area contributed by atoms with Crippen LogP contribution in [-0.4, -0.2) is 24.1 Å². The summed E-state index contributed by atoms with van der Waals surface area (Å²) in [5.74, 6) is 5.74. The molecule has 0 aromatic carbocycles. The molecule has 1 fully saturated rings. The Hall–Kier alpha value is -0.120. The molecule has 3 heteroatoms. The Bertz CT molecular complexity index is 92.9. The second-order valence-electron chi connectivity index (χ2n) is 2.96. The molecule has 1 aliphatic rings. The van der Waals surface area contributed by atoms with E-state index in [4.69, 9.17) is 11.6 Å². The van der Waals surface area contributed by atoms with Crippen LogP contribution in [0.3, 0.4) is 0 Å². The molecule has 1 rings (SSSR count). The van der Waals surface area contributed by atoms with E-state index in [1.54, 1.807) is 0 Å². The lowest BCUT2D eigenvalue weighted by Gasteiger charge is -2.31. The molecule has 1 aliphatic heterocycles. The fourth-order valence-corrected chi connectivity index (χ4v) is 1.53. The van der Waals surface area contributed by atoms with Crippen molar-refractivity contribution >= 4 is 0 Å². The first-order chi connectivity index (χ1) is 4.84. The maximum absolute atomic E-state index is 5.74. The number of hydrogen-bond acceptors (Lipinski definition) is 3. The molecule has 1 atom stereocenters. The van der Waals surface area contributed by atoms with E-state index in [9.17, 15) is 0 Å². The molecule has 1 heterocycles. The summed E-state index contributed by atoms with van der Waals surface area (Å²) < 4.78 is 0. The monoisotopic (exact) mass is 143 g/mol. The van der Waals surface area contributed by atoms with Gasteiger partial charge in [-0.05, 0) is 25.8 Å². The van der Waals surface area contributed by atoms with Crippen LogP contribution in [0.25, 0.3) is 0 Å². The van der Waals surface area contributed by atoms with Crippen molar-refractivity contribution in [1.29, 1.82) is 0 Å². The van der Waals surface area contributed by atoms with Gasteiger partial charge in [0, 0.05) is 12.6 Å². The molecule has 0 bridgehead atoms. The summed E-state index contributed by atoms with van der Waals surface area (Å²) in [7, 11) is 0. The van der Waals surface area contributed by atoms with Crippen molar-refractivity contribution in [3.05, 3.63) is 0 Å². The van der Waals surface area contributed by atoms with Gasteiger partial charge in [0.05, 0.1) is 0 Å². The minimum absolute atomic E-state index is 0.554. The quantitative estimate of drug-likeness (QED) is 0.538. The van der Waals surface area contributed by atoms with Gasteiger partial charge in [0.15, 0.2) is 0 Å². The number of rotatable bonds is 2. The average molecular weight is 143 g/mol. The molecule has 1 unspecified atom stereocenters. The lowest BCUT2D eigenvalue weighted by atomic mass is 10.0. The van der Waals surface area contributed by atoms with E-state index in [1.807, 2.05) is 5.01 Å². The molecule has 10 heavy (non-hydrogen) atoms. The van der Waals surface area contributed by atoms with Crippen molar-refractivity contribution < 1.29 is 0 Å². The summed E-state index contributed by atoms with van der Waals surface area (Å²) in [5, 5.41) is 1.94. The van der Waals surface area contributed by atoms with Crippen LogP contribution in [0.1, 0.15) is 25.7 Å². The molecule has 0 aromatic rings. The van der Waals surface area contributed by atoms with E-state index in [0.717, 1.165) is 19.5 Å². The minimum Gasteiger partial charge on any atom is -0.330 e. The molecule has 0 saturated carbocycles. The van der Waals surface area contributed by atoms with Crippen molar-refractivity contribution in [3.8, 4) is 0 Å². The molecular weight excluding hydrogens is 126 g/mol. The zero-order valence-corrected chi connectivity index (χ0v) is 6.42. The molecule has 4 N–H and O–H groups in total. The van der Waals surface area contributed by atoms with Gasteiger partial charge in [-0.25, -0.2) is 5.01 Å². The van der Waals surface area contributed by atoms with Crippen LogP contribution in [0.4, 0.5) is 0 Å². The number of nitrogens with two attached hydrogens (primary N) is 2. The van der Waals surface area contributed by atoms with E-state index in [2.05, 4.69) is 0 Å². The van der Waals surface area contributed by atoms with Crippen LogP contribution in [0.2, 0.25) is 0 Å². The van der Waals surface area contributed by atoms with Gasteiger partial charge < -0.3 is 5.73 Å². The predicted molar refractivity (Wildman–Crippen MR) is 42.2 cm³/mol. The molecule has 1 saturated heterocycles. The average Bonchev–Trinajstić information content (AvgIpc) is 1.94. The van der Waals surface area contributed by atoms with Crippen LogP contribution in [0.15, 0.2) is 0 Å². The van der Waals surface area contributed by atoms with Crippen LogP contribution in [0.5, 0.6) is 0 Å². The van der Waals surface area contributed by atoms with Gasteiger partial charge in [-0.1, -0.05) is 6.42 Å². The topological polar surface area (TPSA) is 55.3 Å². The SMILES string of the molecule is NCCC1CCCCN1N. The zero-order chi connectivity index (χ0) is 7.40. The van der Waals surface area contributed by atoms with Gasteiger partial charge in [0.1, 0.15) is 0 Å². The highest BCUT2D eigenvalue weighted by atomic mass is 15.4. The first kappa shape index (κ1) is 7.98. The number of hydrazine groups is 1. The van der Waals surface area contributed by atoms with Gasteiger partial charge >= 0.3 is 0 Å². The second kappa shape index (κ2) is 3.91. The third-order valence-corrected chi connectivity index (χ3v) is 2.17. The largest absolute Gasteiger partial charge is 0.330 e. The summed E-state index contributed by atoms with van der Waals surface area (Å²) in [5.41, 5.74) is 5.44. The standard InChI is InChI=1S/C7H17N3/c8-5-4-7-3-1-2-6-10(7)9/h7H,1-6,8-9H2. The third-order valence-electron chi connectivity index (χ3n) is 2.17. The second-order valence-corrected chi connectivity index (χ2v) is 2.96. The van der Waals surface area contributed by atoms with E-state index >= 15 is 0 Å². The molecule has 0 aromatic heterocycles. The third kappa shape index (κ3) is 1.94. The summed E-state index contributed by atoms with van der Waals surface area (Å²) >= 11 is 0. The Morgan fingerprint density at radius 1 is 1.40 bits per heavy atom. The van der Waals surface area contributed by atoms with Crippen molar-refractivity contribution in [2.45, 2.75) is 31.7 Å². The fraction of sp³-hybridized carbons (Fsp3) is 1.00. The molecule has 3 nitrogen and oxygen atoms in total. The summed E-state index contributed by atoms with van der Waals surface area (Å²) in [6.07, 6.45) is 4.85. The molecule has 0 spiro atoms. The van der Waals surface area contributed by atoms with Crippen molar-refractivity contribution in [3.63, 3.8) is 0 Å². The first-order valence-electron chi connectivity index (χ1n) is 4.06. The van der Waals surface area contributed by atoms with Crippen molar-refractivity contribution in [2.24, 2.45) is 11.6 Å². The summed E-state index contributed by atoms with van der Waals surface area (Å²) in [6, 6.07) is 0.554. The smallest absolute Gasteiger partial charge is 0.0253 e. The molecular formula is C7H17N3. The fourth-order valence-electron chi connectivity index (χ4n) is 1.53. The highest BCUT2D eigenvalue weighted by Crippen LogP contribution is 2.15. The van der Waals surface area contributed by atoms with E-state index in [-0.39, 0.29) is 0 Å². The molecule has 0 aliphatic carbocycles. The maximum Gasteiger partial charge on any atom is 0.0253 e. The van der Waals surface area contributed by atoms with E-state index < -0.39 is 0 Å². The van der Waals surface area contributed by atoms with Gasteiger partial charge in [0.25, 0.3) is 0 Å². The van der Waals surface area contributed by atoms with E-state index in [1.165, 1.54) is 19.3 Å². The van der Waals surface area contributed by atoms with Crippen molar-refractivity contribution in [2.75, 3.05) is 13.1 Å². The highest BCUT2D eigenvalue weighted by Gasteiger charge is 2.17. The summed E-state index contributed by atoms with van der Waals surface area (Å²) in [6.45, 7) is 1.81. The minimum atomic E-state index is 0.554. The van der Waals surface area contributed by atoms with Crippen LogP contribution in [0, 0.1) is 0 Å². The molecule has 0 amide bonds. The van der Waals surface area contributed by atoms with Gasteiger partial charge in [0.2, 0.25) is 0 Å². The Morgan fingerprint density at radius 2 is 2.20 bits per heavy atom. The predicted octanol–water partition coefficient (Wildman–Crippen LogP) is 0.0634. The Morgan fingerprint density at radius 3 is 2.80 bits per heavy atom. The lowest BCUT2D eigenvalue weighted by molar-refractivity contribution is 0.144. The Kier molecular flexibility index (Phi) is 3.12. The van der Waals surface area contributed by atoms with Crippen LogP contribution >= 0.6 is 0 Å². The normalized spacial score (nSPS) is 28.8. The van der Waals surface area contributed by atoms with Gasteiger partial charge in [-0.2, -0.15) is 0 Å². The number of nitrogens with zero attached hydrogens (tertiary/aromatic N) is 1. The van der Waals surface area contributed by atoms with Crippen LogP contribution in [-0.2, 0) is 0 Å². The summed E-state index contributed by atoms with van der Waals surface area (Å²) in [4.78, 5) is 0.